The molecule has 1 unspecified atom stereocenters. The van der Waals surface area contributed by atoms with Crippen molar-refractivity contribution in [2.24, 2.45) is 0 Å². The Bertz CT molecular complexity index is 404. The third kappa shape index (κ3) is 3.24. The third-order valence-corrected chi connectivity index (χ3v) is 4.26. The number of carbonyl (C=O) groups excluding carboxylic acids is 1. The highest BCUT2D eigenvalue weighted by Crippen LogP contribution is 2.17. The molecule has 0 bridgehead atoms. The summed E-state index contributed by atoms with van der Waals surface area (Å²) in [6, 6.07) is 7.16. The van der Waals surface area contributed by atoms with Gasteiger partial charge in [0.2, 0.25) is 0 Å². The van der Waals surface area contributed by atoms with Crippen LogP contribution in [0, 0.1) is 0 Å². The van der Waals surface area contributed by atoms with Crippen molar-refractivity contribution in [1.82, 2.24) is 4.90 Å². The molecule has 1 aromatic carbocycles. The largest absolute Gasteiger partial charge is 0.292 e. The van der Waals surface area contributed by atoms with Gasteiger partial charge in [0.25, 0.3) is 0 Å². The molecule has 0 amide bonds. The molecule has 1 aliphatic rings. The van der Waals surface area contributed by atoms with Crippen molar-refractivity contribution in [3.05, 3.63) is 34.9 Å². The standard InChI is InChI=1S/C13H16ClNOS/c1-10(15-5-7-17-8-6-15)13(16)11-3-2-4-12(14)9-11/h2-4,9-10H,5-8H2,1H3. The predicted octanol–water partition coefficient (Wildman–Crippen LogP) is 2.96. The van der Waals surface area contributed by atoms with Crippen molar-refractivity contribution in [2.75, 3.05) is 24.6 Å². The number of halogens is 1. The lowest BCUT2D eigenvalue weighted by Gasteiger charge is -2.31. The maximum atomic E-state index is 12.3. The minimum absolute atomic E-state index is 0.0469. The molecule has 0 saturated carbocycles. The lowest BCUT2D eigenvalue weighted by molar-refractivity contribution is 0.0851. The molecule has 0 spiro atoms. The lowest BCUT2D eigenvalue weighted by atomic mass is 10.0. The van der Waals surface area contributed by atoms with Gasteiger partial charge < -0.3 is 0 Å². The number of hydrogen-bond donors (Lipinski definition) is 0. The SMILES string of the molecule is CC(C(=O)c1cccc(Cl)c1)N1CCSCC1. The summed E-state index contributed by atoms with van der Waals surface area (Å²) >= 11 is 7.86. The number of ketones is 1. The van der Waals surface area contributed by atoms with E-state index in [1.807, 2.05) is 30.8 Å². The monoisotopic (exact) mass is 269 g/mol. The summed E-state index contributed by atoms with van der Waals surface area (Å²) in [7, 11) is 0. The zero-order valence-electron chi connectivity index (χ0n) is 9.86. The molecule has 1 fully saturated rings. The number of hydrogen-bond acceptors (Lipinski definition) is 3. The Labute approximate surface area is 111 Å². The predicted molar refractivity (Wildman–Crippen MR) is 74.1 cm³/mol. The van der Waals surface area contributed by atoms with E-state index in [0.717, 1.165) is 24.6 Å². The van der Waals surface area contributed by atoms with E-state index < -0.39 is 0 Å². The number of Topliss-reactive ketones (excluding diaryl/α,β-unsaturated/α-hetero) is 1. The van der Waals surface area contributed by atoms with Crippen molar-refractivity contribution in [1.29, 1.82) is 0 Å². The van der Waals surface area contributed by atoms with Crippen LogP contribution in [0.4, 0.5) is 0 Å². The van der Waals surface area contributed by atoms with Crippen LogP contribution in [0.15, 0.2) is 24.3 Å². The average molecular weight is 270 g/mol. The van der Waals surface area contributed by atoms with Crippen LogP contribution in [-0.4, -0.2) is 41.3 Å². The minimum atomic E-state index is -0.0469. The molecule has 1 atom stereocenters. The number of nitrogens with zero attached hydrogens (tertiary/aromatic N) is 1. The van der Waals surface area contributed by atoms with E-state index in [4.69, 9.17) is 11.6 Å². The van der Waals surface area contributed by atoms with Crippen LogP contribution in [0.2, 0.25) is 5.02 Å². The molecule has 1 heterocycles. The first-order valence-electron chi connectivity index (χ1n) is 5.80. The van der Waals surface area contributed by atoms with E-state index in [2.05, 4.69) is 4.90 Å². The maximum absolute atomic E-state index is 12.3. The van der Waals surface area contributed by atoms with Gasteiger partial charge in [-0.15, -0.1) is 0 Å². The molecule has 1 aliphatic heterocycles. The van der Waals surface area contributed by atoms with Gasteiger partial charge in [-0.25, -0.2) is 0 Å². The van der Waals surface area contributed by atoms with Crippen molar-refractivity contribution in [3.63, 3.8) is 0 Å². The van der Waals surface area contributed by atoms with Crippen molar-refractivity contribution < 1.29 is 4.79 Å². The highest BCUT2D eigenvalue weighted by Gasteiger charge is 2.23. The molecule has 1 saturated heterocycles. The van der Waals surface area contributed by atoms with Crippen LogP contribution >= 0.6 is 23.4 Å². The first kappa shape index (κ1) is 12.9. The molecule has 2 rings (SSSR count). The van der Waals surface area contributed by atoms with Gasteiger partial charge in [0.1, 0.15) is 0 Å². The Morgan fingerprint density at radius 3 is 2.76 bits per heavy atom. The van der Waals surface area contributed by atoms with Crippen LogP contribution in [0.1, 0.15) is 17.3 Å². The molecule has 0 N–H and O–H groups in total. The zero-order chi connectivity index (χ0) is 12.3. The van der Waals surface area contributed by atoms with Gasteiger partial charge in [-0.2, -0.15) is 11.8 Å². The van der Waals surface area contributed by atoms with Gasteiger partial charge in [0.05, 0.1) is 6.04 Å². The summed E-state index contributed by atoms with van der Waals surface area (Å²) < 4.78 is 0. The Morgan fingerprint density at radius 1 is 1.41 bits per heavy atom. The average Bonchev–Trinajstić information content (AvgIpc) is 2.38. The van der Waals surface area contributed by atoms with Gasteiger partial charge in [0, 0.05) is 35.2 Å². The number of benzene rings is 1. The molecular weight excluding hydrogens is 254 g/mol. The van der Waals surface area contributed by atoms with Crippen LogP contribution < -0.4 is 0 Å². The van der Waals surface area contributed by atoms with E-state index >= 15 is 0 Å². The van der Waals surface area contributed by atoms with Gasteiger partial charge in [-0.3, -0.25) is 9.69 Å². The Balaban J connectivity index is 2.08. The smallest absolute Gasteiger partial charge is 0.179 e. The molecular formula is C13H16ClNOS. The highest BCUT2D eigenvalue weighted by atomic mass is 35.5. The van der Waals surface area contributed by atoms with Gasteiger partial charge in [-0.05, 0) is 19.1 Å². The number of carbonyl (C=O) groups is 1. The van der Waals surface area contributed by atoms with Crippen molar-refractivity contribution >= 4 is 29.1 Å². The zero-order valence-corrected chi connectivity index (χ0v) is 11.4. The molecule has 2 nitrogen and oxygen atoms in total. The van der Waals surface area contributed by atoms with Crippen molar-refractivity contribution in [3.8, 4) is 0 Å². The highest BCUT2D eigenvalue weighted by molar-refractivity contribution is 7.99. The van der Waals surface area contributed by atoms with Gasteiger partial charge in [0.15, 0.2) is 5.78 Å². The first-order chi connectivity index (χ1) is 8.18. The Hall–Kier alpha value is -0.510. The Morgan fingerprint density at radius 2 is 2.12 bits per heavy atom. The fraction of sp³-hybridized carbons (Fsp3) is 0.462. The summed E-state index contributed by atoms with van der Waals surface area (Å²) in [6.45, 7) is 3.98. The minimum Gasteiger partial charge on any atom is -0.292 e. The summed E-state index contributed by atoms with van der Waals surface area (Å²) in [5.41, 5.74) is 0.711. The van der Waals surface area contributed by atoms with E-state index in [1.54, 1.807) is 12.1 Å². The lowest BCUT2D eigenvalue weighted by Crippen LogP contribution is -2.43. The van der Waals surface area contributed by atoms with Crippen LogP contribution in [0.25, 0.3) is 0 Å². The first-order valence-corrected chi connectivity index (χ1v) is 7.33. The van der Waals surface area contributed by atoms with E-state index in [0.29, 0.717) is 10.6 Å². The summed E-state index contributed by atoms with van der Waals surface area (Å²) in [5.74, 6) is 2.40. The molecule has 0 aliphatic carbocycles. The van der Waals surface area contributed by atoms with E-state index in [9.17, 15) is 4.79 Å². The molecule has 0 radical (unpaired) electrons. The topological polar surface area (TPSA) is 20.3 Å². The second-order valence-electron chi connectivity index (χ2n) is 4.20. The molecule has 0 aromatic heterocycles. The summed E-state index contributed by atoms with van der Waals surface area (Å²) in [4.78, 5) is 14.5. The second kappa shape index (κ2) is 5.89. The van der Waals surface area contributed by atoms with Gasteiger partial charge in [-0.1, -0.05) is 23.7 Å². The summed E-state index contributed by atoms with van der Waals surface area (Å²) in [6.07, 6.45) is 0. The van der Waals surface area contributed by atoms with Crippen molar-refractivity contribution in [2.45, 2.75) is 13.0 Å². The molecule has 4 heteroatoms. The Kier molecular flexibility index (Phi) is 4.48. The fourth-order valence-electron chi connectivity index (χ4n) is 2.01. The molecule has 17 heavy (non-hydrogen) atoms. The van der Waals surface area contributed by atoms with E-state index in [1.165, 1.54) is 0 Å². The summed E-state index contributed by atoms with van der Waals surface area (Å²) in [5, 5.41) is 0.622. The van der Waals surface area contributed by atoms with Crippen LogP contribution in [-0.2, 0) is 0 Å². The third-order valence-electron chi connectivity index (χ3n) is 3.08. The number of thioether (sulfide) groups is 1. The normalized spacial score (nSPS) is 18.9. The van der Waals surface area contributed by atoms with Crippen LogP contribution in [0.5, 0.6) is 0 Å². The maximum Gasteiger partial charge on any atom is 0.179 e. The second-order valence-corrected chi connectivity index (χ2v) is 5.86. The quantitative estimate of drug-likeness (QED) is 0.787. The molecule has 1 aromatic rings. The number of rotatable bonds is 3. The fourth-order valence-corrected chi connectivity index (χ4v) is 3.14. The van der Waals surface area contributed by atoms with E-state index in [-0.39, 0.29) is 11.8 Å². The van der Waals surface area contributed by atoms with Crippen LogP contribution in [0.3, 0.4) is 0 Å². The molecule has 92 valence electrons. The van der Waals surface area contributed by atoms with Gasteiger partial charge >= 0.3 is 0 Å².